The van der Waals surface area contributed by atoms with Gasteiger partial charge in [0.2, 0.25) is 0 Å². The molecular weight excluding hydrogens is 368 g/mol. The third kappa shape index (κ3) is 4.91. The normalized spacial score (nSPS) is 22.1. The molecule has 0 unspecified atom stereocenters. The fraction of sp³-hybridized carbons (Fsp3) is 0.400. The number of benzene rings is 1. The van der Waals surface area contributed by atoms with Crippen LogP contribution < -0.4 is 0 Å². The standard InChI is InChI=1S/C20H23BrO3/c1-14(21)18(15-6-4-3-5-7-15)12-13-19(22)16-8-10-17(11-9-16)20(23)24-2/h3-7,12-13,16-17H,8-11H2,1-2H3/b13-12+,18-14-. The van der Waals surface area contributed by atoms with Crippen LogP contribution in [0.3, 0.4) is 0 Å². The molecule has 0 N–H and O–H groups in total. The Morgan fingerprint density at radius 3 is 2.17 bits per heavy atom. The molecule has 2 rings (SSSR count). The van der Waals surface area contributed by atoms with Crippen LogP contribution in [0.2, 0.25) is 0 Å². The van der Waals surface area contributed by atoms with E-state index in [0.29, 0.717) is 0 Å². The van der Waals surface area contributed by atoms with Crippen LogP contribution in [0.25, 0.3) is 5.57 Å². The maximum Gasteiger partial charge on any atom is 0.308 e. The Labute approximate surface area is 151 Å². The van der Waals surface area contributed by atoms with Crippen LogP contribution in [0, 0.1) is 11.8 Å². The van der Waals surface area contributed by atoms with Crippen LogP contribution in [0.4, 0.5) is 0 Å². The quantitative estimate of drug-likeness (QED) is 0.407. The average Bonchev–Trinajstić information content (AvgIpc) is 2.61. The van der Waals surface area contributed by atoms with Crippen molar-refractivity contribution in [3.05, 3.63) is 52.5 Å². The fourth-order valence-corrected chi connectivity index (χ4v) is 3.47. The summed E-state index contributed by atoms with van der Waals surface area (Å²) in [4.78, 5) is 24.0. The van der Waals surface area contributed by atoms with E-state index >= 15 is 0 Å². The molecule has 0 amide bonds. The lowest BCUT2D eigenvalue weighted by Crippen LogP contribution is -2.26. The van der Waals surface area contributed by atoms with Crippen LogP contribution in [0.15, 0.2) is 47.0 Å². The van der Waals surface area contributed by atoms with Crippen molar-refractivity contribution in [1.29, 1.82) is 0 Å². The van der Waals surface area contributed by atoms with Gasteiger partial charge in [0.05, 0.1) is 13.0 Å². The van der Waals surface area contributed by atoms with E-state index < -0.39 is 0 Å². The number of hydrogen-bond acceptors (Lipinski definition) is 3. The number of hydrogen-bond donors (Lipinski definition) is 0. The molecule has 1 aliphatic carbocycles. The second-order valence-electron chi connectivity index (χ2n) is 6.12. The first-order valence-corrected chi connectivity index (χ1v) is 9.03. The highest BCUT2D eigenvalue weighted by molar-refractivity contribution is 9.11. The molecule has 0 radical (unpaired) electrons. The van der Waals surface area contributed by atoms with Crippen molar-refractivity contribution in [3.63, 3.8) is 0 Å². The largest absolute Gasteiger partial charge is 0.469 e. The molecule has 0 atom stereocenters. The van der Waals surface area contributed by atoms with Crippen molar-refractivity contribution in [2.24, 2.45) is 11.8 Å². The van der Waals surface area contributed by atoms with E-state index in [0.717, 1.165) is 41.3 Å². The number of ketones is 1. The van der Waals surface area contributed by atoms with Crippen molar-refractivity contribution >= 4 is 33.3 Å². The molecule has 1 fully saturated rings. The highest BCUT2D eigenvalue weighted by Gasteiger charge is 2.29. The molecule has 0 heterocycles. The monoisotopic (exact) mass is 390 g/mol. The number of halogens is 1. The second-order valence-corrected chi connectivity index (χ2v) is 7.31. The van der Waals surface area contributed by atoms with Gasteiger partial charge in [-0.3, -0.25) is 9.59 Å². The summed E-state index contributed by atoms with van der Waals surface area (Å²) in [5.74, 6) is -0.0523. The lowest BCUT2D eigenvalue weighted by Gasteiger charge is -2.25. The molecule has 4 heteroatoms. The van der Waals surface area contributed by atoms with Crippen molar-refractivity contribution < 1.29 is 14.3 Å². The Balaban J connectivity index is 2.00. The van der Waals surface area contributed by atoms with Gasteiger partial charge in [-0.25, -0.2) is 0 Å². The zero-order valence-electron chi connectivity index (χ0n) is 14.1. The Bertz CT molecular complexity index is 634. The summed E-state index contributed by atoms with van der Waals surface area (Å²) in [6.07, 6.45) is 6.52. The molecule has 0 aliphatic heterocycles. The molecular formula is C20H23BrO3. The van der Waals surface area contributed by atoms with Gasteiger partial charge >= 0.3 is 5.97 Å². The zero-order chi connectivity index (χ0) is 17.5. The van der Waals surface area contributed by atoms with E-state index in [1.54, 1.807) is 6.08 Å². The summed E-state index contributed by atoms with van der Waals surface area (Å²) in [6.45, 7) is 1.97. The lowest BCUT2D eigenvalue weighted by atomic mass is 9.80. The third-order valence-electron chi connectivity index (χ3n) is 4.53. The molecule has 24 heavy (non-hydrogen) atoms. The van der Waals surface area contributed by atoms with Gasteiger partial charge in [0, 0.05) is 5.92 Å². The minimum Gasteiger partial charge on any atom is -0.469 e. The minimum atomic E-state index is -0.152. The van der Waals surface area contributed by atoms with Crippen molar-refractivity contribution in [2.75, 3.05) is 7.11 Å². The molecule has 1 saturated carbocycles. The number of esters is 1. The fourth-order valence-electron chi connectivity index (χ4n) is 3.11. The van der Waals surface area contributed by atoms with E-state index in [9.17, 15) is 9.59 Å². The van der Waals surface area contributed by atoms with Crippen molar-refractivity contribution in [2.45, 2.75) is 32.6 Å². The number of methoxy groups -OCH3 is 1. The number of carbonyl (C=O) groups excluding carboxylic acids is 2. The molecule has 0 spiro atoms. The minimum absolute atomic E-state index is 0.00908. The predicted octanol–water partition coefficient (Wildman–Crippen LogP) is 4.92. The number of ether oxygens (including phenoxy) is 1. The molecule has 1 aliphatic rings. The lowest BCUT2D eigenvalue weighted by molar-refractivity contribution is -0.147. The molecule has 3 nitrogen and oxygen atoms in total. The Morgan fingerprint density at radius 1 is 1.04 bits per heavy atom. The molecule has 1 aromatic rings. The Morgan fingerprint density at radius 2 is 1.62 bits per heavy atom. The van der Waals surface area contributed by atoms with E-state index in [1.807, 2.05) is 43.3 Å². The van der Waals surface area contributed by atoms with Crippen molar-refractivity contribution in [3.8, 4) is 0 Å². The van der Waals surface area contributed by atoms with Gasteiger partial charge in [-0.15, -0.1) is 0 Å². The van der Waals surface area contributed by atoms with E-state index in [1.165, 1.54) is 7.11 Å². The first kappa shape index (κ1) is 18.7. The summed E-state index contributed by atoms with van der Waals surface area (Å²) in [7, 11) is 1.42. The van der Waals surface area contributed by atoms with Crippen LogP contribution in [0.1, 0.15) is 38.2 Å². The van der Waals surface area contributed by atoms with Crippen LogP contribution >= 0.6 is 15.9 Å². The van der Waals surface area contributed by atoms with E-state index in [2.05, 4.69) is 15.9 Å². The smallest absolute Gasteiger partial charge is 0.308 e. The number of carbonyl (C=O) groups is 2. The zero-order valence-corrected chi connectivity index (χ0v) is 15.7. The summed E-state index contributed by atoms with van der Waals surface area (Å²) in [6, 6.07) is 9.98. The SMILES string of the molecule is COC(=O)C1CCC(C(=O)/C=C/C(=C(\C)Br)c2ccccc2)CC1. The van der Waals surface area contributed by atoms with Gasteiger partial charge in [-0.1, -0.05) is 52.3 Å². The molecule has 0 saturated heterocycles. The van der Waals surface area contributed by atoms with Gasteiger partial charge < -0.3 is 4.74 Å². The molecule has 128 valence electrons. The van der Waals surface area contributed by atoms with Gasteiger partial charge in [-0.05, 0) is 54.3 Å². The molecule has 0 aromatic heterocycles. The van der Waals surface area contributed by atoms with Gasteiger partial charge in [0.15, 0.2) is 5.78 Å². The Hall–Kier alpha value is -1.68. The Kier molecular flexibility index (Phi) is 6.98. The first-order chi connectivity index (χ1) is 11.5. The van der Waals surface area contributed by atoms with Crippen molar-refractivity contribution in [1.82, 2.24) is 0 Å². The predicted molar refractivity (Wildman–Crippen MR) is 99.6 cm³/mol. The summed E-state index contributed by atoms with van der Waals surface area (Å²) >= 11 is 3.52. The molecule has 1 aromatic carbocycles. The summed E-state index contributed by atoms with van der Waals surface area (Å²) in [5, 5.41) is 0. The first-order valence-electron chi connectivity index (χ1n) is 8.24. The van der Waals surface area contributed by atoms with Gasteiger partial charge in [0.1, 0.15) is 0 Å². The van der Waals surface area contributed by atoms with E-state index in [-0.39, 0.29) is 23.6 Å². The van der Waals surface area contributed by atoms with Crippen LogP contribution in [-0.2, 0) is 14.3 Å². The second kappa shape index (κ2) is 8.97. The average molecular weight is 391 g/mol. The van der Waals surface area contributed by atoms with E-state index in [4.69, 9.17) is 4.74 Å². The highest BCUT2D eigenvalue weighted by Crippen LogP contribution is 2.31. The highest BCUT2D eigenvalue weighted by atomic mass is 79.9. The number of rotatable bonds is 5. The maximum absolute atomic E-state index is 12.5. The van der Waals surface area contributed by atoms with Gasteiger partial charge in [-0.2, -0.15) is 0 Å². The van der Waals surface area contributed by atoms with Crippen LogP contribution in [-0.4, -0.2) is 18.9 Å². The third-order valence-corrected chi connectivity index (χ3v) is 4.96. The summed E-state index contributed by atoms with van der Waals surface area (Å²) < 4.78 is 5.78. The van der Waals surface area contributed by atoms with Crippen LogP contribution in [0.5, 0.6) is 0 Å². The summed E-state index contributed by atoms with van der Waals surface area (Å²) in [5.41, 5.74) is 2.08. The van der Waals surface area contributed by atoms with Gasteiger partial charge in [0.25, 0.3) is 0 Å². The molecule has 0 bridgehead atoms. The topological polar surface area (TPSA) is 43.4 Å². The maximum atomic E-state index is 12.5. The number of allylic oxidation sites excluding steroid dienone is 4.